The van der Waals surface area contributed by atoms with Gasteiger partial charge in [0.25, 0.3) is 0 Å². The van der Waals surface area contributed by atoms with Gasteiger partial charge in [0.2, 0.25) is 0 Å². The number of rotatable bonds is 3. The lowest BCUT2D eigenvalue weighted by Gasteiger charge is -2.09. The van der Waals surface area contributed by atoms with Gasteiger partial charge in [0.1, 0.15) is 5.75 Å². The van der Waals surface area contributed by atoms with Gasteiger partial charge in [-0.25, -0.2) is 0 Å². The molecule has 0 aromatic heterocycles. The van der Waals surface area contributed by atoms with Crippen LogP contribution in [0.4, 0.5) is 0 Å². The van der Waals surface area contributed by atoms with Crippen LogP contribution in [0.15, 0.2) is 18.2 Å². The Balaban J connectivity index is 2.80. The third-order valence-corrected chi connectivity index (χ3v) is 2.01. The van der Waals surface area contributed by atoms with Crippen molar-refractivity contribution < 1.29 is 9.53 Å². The van der Waals surface area contributed by atoms with Gasteiger partial charge in [-0.05, 0) is 31.4 Å². The van der Waals surface area contributed by atoms with Gasteiger partial charge in [0.05, 0.1) is 0 Å². The van der Waals surface area contributed by atoms with Crippen LogP contribution in [0, 0.1) is 20.8 Å². The number of hydrogen-bond acceptors (Lipinski definition) is 2. The SMILES string of the molecule is [CH2]CCC(=O)Oc1c(C)cccc1C. The third kappa shape index (κ3) is 2.59. The van der Waals surface area contributed by atoms with Crippen LogP contribution in [0.2, 0.25) is 0 Å². The molecule has 1 radical (unpaired) electrons. The molecule has 75 valence electrons. The summed E-state index contributed by atoms with van der Waals surface area (Å²) in [5.41, 5.74) is 1.98. The number of carbonyl (C=O) groups is 1. The van der Waals surface area contributed by atoms with Crippen LogP contribution in [-0.4, -0.2) is 5.97 Å². The minimum Gasteiger partial charge on any atom is -0.426 e. The highest BCUT2D eigenvalue weighted by Gasteiger charge is 2.08. The van der Waals surface area contributed by atoms with E-state index in [0.29, 0.717) is 18.6 Å². The van der Waals surface area contributed by atoms with Crippen LogP contribution >= 0.6 is 0 Å². The minimum absolute atomic E-state index is 0.211. The Bertz CT molecular complexity index is 309. The zero-order valence-electron chi connectivity index (χ0n) is 8.67. The van der Waals surface area contributed by atoms with Crippen molar-refractivity contribution in [3.63, 3.8) is 0 Å². The molecule has 0 saturated heterocycles. The fraction of sp³-hybridized carbons (Fsp3) is 0.333. The van der Waals surface area contributed by atoms with Crippen molar-refractivity contribution in [1.29, 1.82) is 0 Å². The molecule has 0 spiro atoms. The van der Waals surface area contributed by atoms with Crippen molar-refractivity contribution in [2.24, 2.45) is 0 Å². The van der Waals surface area contributed by atoms with Gasteiger partial charge in [-0.3, -0.25) is 4.79 Å². The van der Waals surface area contributed by atoms with Crippen LogP contribution < -0.4 is 4.74 Å². The second-order valence-electron chi connectivity index (χ2n) is 3.30. The highest BCUT2D eigenvalue weighted by Crippen LogP contribution is 2.22. The maximum atomic E-state index is 11.3. The van der Waals surface area contributed by atoms with Crippen LogP contribution in [0.5, 0.6) is 5.75 Å². The first-order chi connectivity index (χ1) is 6.65. The van der Waals surface area contributed by atoms with E-state index in [4.69, 9.17) is 4.74 Å². The summed E-state index contributed by atoms with van der Waals surface area (Å²) in [5, 5.41) is 0. The van der Waals surface area contributed by atoms with Gasteiger partial charge in [-0.1, -0.05) is 25.1 Å². The topological polar surface area (TPSA) is 26.3 Å². The number of aryl methyl sites for hydroxylation is 2. The van der Waals surface area contributed by atoms with Crippen molar-refractivity contribution in [1.82, 2.24) is 0 Å². The lowest BCUT2D eigenvalue weighted by atomic mass is 10.1. The second kappa shape index (κ2) is 4.80. The highest BCUT2D eigenvalue weighted by molar-refractivity contribution is 5.73. The molecule has 2 nitrogen and oxygen atoms in total. The summed E-state index contributed by atoms with van der Waals surface area (Å²) in [6, 6.07) is 5.81. The van der Waals surface area contributed by atoms with E-state index < -0.39 is 0 Å². The number of esters is 1. The van der Waals surface area contributed by atoms with E-state index in [-0.39, 0.29) is 5.97 Å². The first-order valence-corrected chi connectivity index (χ1v) is 4.71. The molecule has 0 saturated carbocycles. The molecule has 0 unspecified atom stereocenters. The van der Waals surface area contributed by atoms with Gasteiger partial charge in [0.15, 0.2) is 0 Å². The summed E-state index contributed by atoms with van der Waals surface area (Å²) in [4.78, 5) is 11.3. The molecule has 0 aliphatic heterocycles. The summed E-state index contributed by atoms with van der Waals surface area (Å²) in [5.74, 6) is 0.475. The van der Waals surface area contributed by atoms with Gasteiger partial charge in [-0.15, -0.1) is 0 Å². The quantitative estimate of drug-likeness (QED) is 0.542. The van der Waals surface area contributed by atoms with Crippen LogP contribution in [-0.2, 0) is 4.79 Å². The lowest BCUT2D eigenvalue weighted by molar-refractivity contribution is -0.134. The molecule has 0 heterocycles. The molecule has 14 heavy (non-hydrogen) atoms. The number of ether oxygens (including phenoxy) is 1. The van der Waals surface area contributed by atoms with Crippen molar-refractivity contribution in [2.75, 3.05) is 0 Å². The van der Waals surface area contributed by atoms with Crippen molar-refractivity contribution >= 4 is 5.97 Å². The summed E-state index contributed by atoms with van der Waals surface area (Å²) >= 11 is 0. The first-order valence-electron chi connectivity index (χ1n) is 4.71. The lowest BCUT2D eigenvalue weighted by Crippen LogP contribution is -2.08. The molecular weight excluding hydrogens is 176 g/mol. The molecule has 0 amide bonds. The van der Waals surface area contributed by atoms with E-state index >= 15 is 0 Å². The smallest absolute Gasteiger partial charge is 0.311 e. The molecule has 0 aliphatic carbocycles. The Morgan fingerprint density at radius 2 is 1.93 bits per heavy atom. The van der Waals surface area contributed by atoms with Gasteiger partial charge in [0, 0.05) is 6.42 Å². The molecular formula is C12H15O2. The first kappa shape index (κ1) is 10.8. The number of benzene rings is 1. The normalized spacial score (nSPS) is 9.93. The molecule has 2 heteroatoms. The minimum atomic E-state index is -0.211. The second-order valence-corrected chi connectivity index (χ2v) is 3.30. The monoisotopic (exact) mass is 191 g/mol. The average molecular weight is 191 g/mol. The maximum Gasteiger partial charge on any atom is 0.311 e. The Hall–Kier alpha value is -1.31. The Morgan fingerprint density at radius 1 is 1.36 bits per heavy atom. The van der Waals surface area contributed by atoms with Crippen LogP contribution in [0.25, 0.3) is 0 Å². The molecule has 0 aliphatic rings. The Morgan fingerprint density at radius 3 is 2.43 bits per heavy atom. The van der Waals surface area contributed by atoms with Gasteiger partial charge >= 0.3 is 5.97 Å². The molecule has 1 aromatic rings. The van der Waals surface area contributed by atoms with E-state index in [2.05, 4.69) is 6.92 Å². The zero-order chi connectivity index (χ0) is 10.6. The van der Waals surface area contributed by atoms with Crippen LogP contribution in [0.1, 0.15) is 24.0 Å². The summed E-state index contributed by atoms with van der Waals surface area (Å²) in [6.07, 6.45) is 0.942. The summed E-state index contributed by atoms with van der Waals surface area (Å²) in [7, 11) is 0. The van der Waals surface area contributed by atoms with E-state index in [1.807, 2.05) is 32.0 Å². The van der Waals surface area contributed by atoms with Crippen molar-refractivity contribution in [2.45, 2.75) is 26.7 Å². The van der Waals surface area contributed by atoms with E-state index in [1.54, 1.807) is 0 Å². The number of carbonyl (C=O) groups excluding carboxylic acids is 1. The Kier molecular flexibility index (Phi) is 3.69. The van der Waals surface area contributed by atoms with E-state index in [9.17, 15) is 4.79 Å². The number of para-hydroxylation sites is 1. The molecule has 0 bridgehead atoms. The van der Waals surface area contributed by atoms with Crippen LogP contribution in [0.3, 0.4) is 0 Å². The largest absolute Gasteiger partial charge is 0.426 e. The molecule has 1 aromatic carbocycles. The fourth-order valence-corrected chi connectivity index (χ4v) is 1.27. The van der Waals surface area contributed by atoms with E-state index in [0.717, 1.165) is 11.1 Å². The standard InChI is InChI=1S/C12H15O2/c1-4-6-11(13)14-12-9(2)7-5-8-10(12)3/h5,7-8H,1,4,6H2,2-3H3. The molecule has 0 atom stereocenters. The Labute approximate surface area is 84.9 Å². The maximum absolute atomic E-state index is 11.3. The summed E-state index contributed by atoms with van der Waals surface area (Å²) < 4.78 is 5.24. The highest BCUT2D eigenvalue weighted by atomic mass is 16.5. The zero-order valence-corrected chi connectivity index (χ0v) is 8.67. The van der Waals surface area contributed by atoms with Crippen molar-refractivity contribution in [3.05, 3.63) is 36.2 Å². The molecule has 0 N–H and O–H groups in total. The van der Waals surface area contributed by atoms with Gasteiger partial charge in [-0.2, -0.15) is 0 Å². The fourth-order valence-electron chi connectivity index (χ4n) is 1.27. The molecule has 1 rings (SSSR count). The third-order valence-electron chi connectivity index (χ3n) is 2.01. The van der Waals surface area contributed by atoms with E-state index in [1.165, 1.54) is 0 Å². The predicted octanol–water partition coefficient (Wildman–Crippen LogP) is 2.82. The predicted molar refractivity (Wildman–Crippen MR) is 56.1 cm³/mol. The number of hydrogen-bond donors (Lipinski definition) is 0. The average Bonchev–Trinajstić information content (AvgIpc) is 2.12. The van der Waals surface area contributed by atoms with Crippen molar-refractivity contribution in [3.8, 4) is 5.75 Å². The summed E-state index contributed by atoms with van der Waals surface area (Å²) in [6.45, 7) is 7.47. The van der Waals surface area contributed by atoms with Gasteiger partial charge < -0.3 is 4.74 Å². The molecule has 0 fully saturated rings.